The first-order valence-electron chi connectivity index (χ1n) is 6.93. The highest BCUT2D eigenvalue weighted by Crippen LogP contribution is 2.18. The van der Waals surface area contributed by atoms with Gasteiger partial charge in [0.1, 0.15) is 5.75 Å². The summed E-state index contributed by atoms with van der Waals surface area (Å²) in [7, 11) is -1.35. The Balaban J connectivity index is 1.89. The van der Waals surface area contributed by atoms with E-state index in [1.807, 2.05) is 19.1 Å². The Morgan fingerprint density at radius 3 is 2.33 bits per heavy atom. The fraction of sp³-hybridized carbons (Fsp3) is 0.467. The summed E-state index contributed by atoms with van der Waals surface area (Å²) in [6.45, 7) is 2.81. The van der Waals surface area contributed by atoms with Crippen molar-refractivity contribution in [1.82, 2.24) is 4.90 Å². The van der Waals surface area contributed by atoms with Gasteiger partial charge in [-0.2, -0.15) is 0 Å². The van der Waals surface area contributed by atoms with E-state index in [-0.39, 0.29) is 17.6 Å². The standard InChI is InChI=1S/C15H19NO4S/c1-11-2-4-13(5-3-11)21(20)10-14(17)16-8-6-12(7-9-16)15(18)19/h2-5,12H,6-10H2,1H3,(H,18,19). The van der Waals surface area contributed by atoms with Crippen LogP contribution < -0.4 is 0 Å². The van der Waals surface area contributed by atoms with Gasteiger partial charge in [-0.25, -0.2) is 0 Å². The molecule has 2 rings (SSSR count). The molecule has 0 aromatic heterocycles. The summed E-state index contributed by atoms with van der Waals surface area (Å²) in [6, 6.07) is 7.29. The molecule has 1 saturated heterocycles. The molecule has 1 aliphatic rings. The predicted molar refractivity (Wildman–Crippen MR) is 79.4 cm³/mol. The maximum absolute atomic E-state index is 12.2. The van der Waals surface area contributed by atoms with Gasteiger partial charge in [0.15, 0.2) is 0 Å². The molecule has 21 heavy (non-hydrogen) atoms. The van der Waals surface area contributed by atoms with Crippen molar-refractivity contribution in [2.24, 2.45) is 5.92 Å². The van der Waals surface area contributed by atoms with E-state index >= 15 is 0 Å². The lowest BCUT2D eigenvalue weighted by Crippen LogP contribution is -2.42. The van der Waals surface area contributed by atoms with E-state index in [1.165, 1.54) is 0 Å². The average Bonchev–Trinajstić information content (AvgIpc) is 2.47. The van der Waals surface area contributed by atoms with Gasteiger partial charge in [-0.3, -0.25) is 13.8 Å². The number of aryl methyl sites for hydroxylation is 1. The molecular weight excluding hydrogens is 290 g/mol. The van der Waals surface area contributed by atoms with Crippen LogP contribution in [0.4, 0.5) is 0 Å². The summed E-state index contributed by atoms with van der Waals surface area (Å²) in [6.07, 6.45) is 0.941. The molecule has 1 N–H and O–H groups in total. The summed E-state index contributed by atoms with van der Waals surface area (Å²) in [5.41, 5.74) is 1.08. The van der Waals surface area contributed by atoms with E-state index in [0.29, 0.717) is 30.8 Å². The Labute approximate surface area is 126 Å². The van der Waals surface area contributed by atoms with Crippen LogP contribution in [0, 0.1) is 12.8 Å². The second-order valence-electron chi connectivity index (χ2n) is 5.30. The first-order chi connectivity index (χ1) is 9.97. The van der Waals surface area contributed by atoms with Gasteiger partial charge < -0.3 is 10.0 Å². The molecule has 1 heterocycles. The number of carbonyl (C=O) groups is 2. The fourth-order valence-corrected chi connectivity index (χ4v) is 3.37. The lowest BCUT2D eigenvalue weighted by atomic mass is 9.97. The molecule has 0 spiro atoms. The van der Waals surface area contributed by atoms with Crippen molar-refractivity contribution in [3.8, 4) is 0 Å². The number of likely N-dealkylation sites (tertiary alicyclic amines) is 1. The molecule has 1 atom stereocenters. The highest BCUT2D eigenvalue weighted by atomic mass is 32.2. The van der Waals surface area contributed by atoms with Gasteiger partial charge in [-0.1, -0.05) is 17.7 Å². The zero-order chi connectivity index (χ0) is 15.4. The van der Waals surface area contributed by atoms with Crippen molar-refractivity contribution in [3.63, 3.8) is 0 Å². The van der Waals surface area contributed by atoms with Crippen LogP contribution in [0.5, 0.6) is 0 Å². The van der Waals surface area contributed by atoms with E-state index in [0.717, 1.165) is 5.56 Å². The number of aliphatic carboxylic acids is 1. The highest BCUT2D eigenvalue weighted by Gasteiger charge is 2.27. The number of nitrogens with zero attached hydrogens (tertiary/aromatic N) is 1. The third-order valence-corrected chi connectivity index (χ3v) is 5.04. The third-order valence-electron chi connectivity index (χ3n) is 3.74. The monoisotopic (exact) mass is 309 g/mol. The number of hydrogen-bond donors (Lipinski definition) is 1. The maximum Gasteiger partial charge on any atom is 0.306 e. The molecule has 0 aliphatic carbocycles. The average molecular weight is 309 g/mol. The van der Waals surface area contributed by atoms with Gasteiger partial charge in [0.2, 0.25) is 5.91 Å². The van der Waals surface area contributed by atoms with Crippen molar-refractivity contribution in [3.05, 3.63) is 29.8 Å². The van der Waals surface area contributed by atoms with Gasteiger partial charge in [0.25, 0.3) is 0 Å². The van der Waals surface area contributed by atoms with Crippen molar-refractivity contribution in [2.45, 2.75) is 24.7 Å². The van der Waals surface area contributed by atoms with Gasteiger partial charge in [-0.05, 0) is 31.9 Å². The first-order valence-corrected chi connectivity index (χ1v) is 8.25. The van der Waals surface area contributed by atoms with Gasteiger partial charge >= 0.3 is 5.97 Å². The molecule has 1 fully saturated rings. The topological polar surface area (TPSA) is 74.7 Å². The second-order valence-corrected chi connectivity index (χ2v) is 6.75. The van der Waals surface area contributed by atoms with E-state index in [9.17, 15) is 13.8 Å². The predicted octanol–water partition coefficient (Wildman–Crippen LogP) is 1.43. The summed E-state index contributed by atoms with van der Waals surface area (Å²) in [4.78, 5) is 25.2. The van der Waals surface area contributed by atoms with E-state index in [1.54, 1.807) is 17.0 Å². The largest absolute Gasteiger partial charge is 0.481 e. The molecule has 114 valence electrons. The minimum Gasteiger partial charge on any atom is -0.481 e. The number of hydrogen-bond acceptors (Lipinski definition) is 3. The molecule has 1 amide bonds. The maximum atomic E-state index is 12.2. The number of carbonyl (C=O) groups excluding carboxylic acids is 1. The summed E-state index contributed by atoms with van der Waals surface area (Å²) < 4.78 is 12.2. The van der Waals surface area contributed by atoms with Crippen LogP contribution in [0.1, 0.15) is 18.4 Å². The minimum atomic E-state index is -1.35. The molecule has 1 unspecified atom stereocenters. The van der Waals surface area contributed by atoms with Crippen molar-refractivity contribution in [2.75, 3.05) is 18.8 Å². The van der Waals surface area contributed by atoms with Crippen LogP contribution in [0.3, 0.4) is 0 Å². The van der Waals surface area contributed by atoms with Crippen LogP contribution in [0.25, 0.3) is 0 Å². The highest BCUT2D eigenvalue weighted by molar-refractivity contribution is 7.85. The SMILES string of the molecule is Cc1ccc(S(=O)CC(=O)N2CCC(C(=O)O)CC2)cc1. The quantitative estimate of drug-likeness (QED) is 0.913. The summed E-state index contributed by atoms with van der Waals surface area (Å²) in [5, 5.41) is 8.93. The van der Waals surface area contributed by atoms with Gasteiger partial charge in [0, 0.05) is 18.0 Å². The molecule has 0 bridgehead atoms. The molecule has 1 aliphatic heterocycles. The van der Waals surface area contributed by atoms with Crippen molar-refractivity contribution < 1.29 is 18.9 Å². The zero-order valence-electron chi connectivity index (χ0n) is 11.9. The van der Waals surface area contributed by atoms with Crippen LogP contribution >= 0.6 is 0 Å². The molecule has 5 nitrogen and oxygen atoms in total. The number of amides is 1. The third kappa shape index (κ3) is 4.14. The smallest absolute Gasteiger partial charge is 0.306 e. The summed E-state index contributed by atoms with van der Waals surface area (Å²) >= 11 is 0. The van der Waals surface area contributed by atoms with Crippen LogP contribution in [0.2, 0.25) is 0 Å². The van der Waals surface area contributed by atoms with Crippen LogP contribution in [-0.4, -0.2) is 44.9 Å². The Hall–Kier alpha value is -1.69. The summed E-state index contributed by atoms with van der Waals surface area (Å²) in [5.74, 6) is -1.37. The van der Waals surface area contributed by atoms with Crippen LogP contribution in [0.15, 0.2) is 29.2 Å². The molecule has 6 heteroatoms. The number of carboxylic acids is 1. The number of benzene rings is 1. The zero-order valence-corrected chi connectivity index (χ0v) is 12.8. The van der Waals surface area contributed by atoms with Crippen molar-refractivity contribution >= 4 is 22.7 Å². The van der Waals surface area contributed by atoms with Crippen LogP contribution in [-0.2, 0) is 20.4 Å². The normalized spacial score (nSPS) is 17.5. The number of piperidine rings is 1. The first kappa shape index (κ1) is 15.7. The van der Waals surface area contributed by atoms with Gasteiger partial charge in [-0.15, -0.1) is 0 Å². The van der Waals surface area contributed by atoms with Crippen molar-refractivity contribution in [1.29, 1.82) is 0 Å². The van der Waals surface area contributed by atoms with E-state index in [4.69, 9.17) is 5.11 Å². The Morgan fingerprint density at radius 1 is 1.24 bits per heavy atom. The second kappa shape index (κ2) is 6.85. The fourth-order valence-electron chi connectivity index (χ4n) is 2.35. The molecular formula is C15H19NO4S. The number of carboxylic acid groups (broad SMARTS) is 1. The molecule has 0 radical (unpaired) electrons. The Bertz CT molecular complexity index is 547. The minimum absolute atomic E-state index is 0.0409. The Morgan fingerprint density at radius 2 is 1.81 bits per heavy atom. The lowest BCUT2D eigenvalue weighted by Gasteiger charge is -2.30. The van der Waals surface area contributed by atoms with E-state index in [2.05, 4.69) is 0 Å². The molecule has 0 saturated carbocycles. The van der Waals surface area contributed by atoms with E-state index < -0.39 is 16.8 Å². The molecule has 1 aromatic rings. The number of rotatable bonds is 4. The molecule has 1 aromatic carbocycles. The Kier molecular flexibility index (Phi) is 5.12. The lowest BCUT2D eigenvalue weighted by molar-refractivity contribution is -0.145. The van der Waals surface area contributed by atoms with Gasteiger partial charge in [0.05, 0.1) is 16.7 Å².